The topological polar surface area (TPSA) is 67.2 Å². The molecule has 2 aromatic heterocycles. The molecule has 32 heavy (non-hydrogen) atoms. The molecule has 0 N–H and O–H groups in total. The first-order valence-corrected chi connectivity index (χ1v) is 10.7. The largest absolute Gasteiger partial charge is 0.497 e. The minimum atomic E-state index is -0.245. The number of aromatic nitrogens is 2. The van der Waals surface area contributed by atoms with Gasteiger partial charge in [-0.05, 0) is 42.5 Å². The van der Waals surface area contributed by atoms with Gasteiger partial charge in [-0.2, -0.15) is 0 Å². The summed E-state index contributed by atoms with van der Waals surface area (Å²) in [5, 5.41) is 0.893. The molecule has 0 bridgehead atoms. The molecule has 0 aliphatic carbocycles. The molecule has 7 nitrogen and oxygen atoms in total. The predicted molar refractivity (Wildman–Crippen MR) is 125 cm³/mol. The number of nitrogens with zero attached hydrogens (tertiary/aromatic N) is 4. The maximum absolute atomic E-state index is 13.4. The van der Waals surface area contributed by atoms with Crippen molar-refractivity contribution >= 4 is 39.7 Å². The zero-order valence-electron chi connectivity index (χ0n) is 17.5. The molecule has 8 heteroatoms. The standard InChI is InChI=1S/C24H21ClN4O3/c1-32-18-5-2-4-17(15-18)27-10-12-28(13-11-27)23(30)19-6-3-9-29-22(19)26-21-8-7-16(25)14-20(21)24(29)31/h2-9,14-15H,10-13H2,1H3. The molecule has 0 atom stereocenters. The number of fused-ring (bicyclic) bond motifs is 2. The van der Waals surface area contributed by atoms with Gasteiger partial charge in [0.05, 0.1) is 23.6 Å². The van der Waals surface area contributed by atoms with E-state index < -0.39 is 0 Å². The van der Waals surface area contributed by atoms with E-state index in [-0.39, 0.29) is 11.5 Å². The molecular formula is C24H21ClN4O3. The van der Waals surface area contributed by atoms with E-state index in [0.717, 1.165) is 11.4 Å². The van der Waals surface area contributed by atoms with E-state index in [1.54, 1.807) is 43.6 Å². The van der Waals surface area contributed by atoms with E-state index in [1.165, 1.54) is 4.40 Å². The first kappa shape index (κ1) is 20.3. The summed E-state index contributed by atoms with van der Waals surface area (Å²) >= 11 is 6.05. The highest BCUT2D eigenvalue weighted by Gasteiger charge is 2.25. The molecule has 1 aliphatic heterocycles. The molecule has 162 valence electrons. The summed E-state index contributed by atoms with van der Waals surface area (Å²) in [4.78, 5) is 35.0. The van der Waals surface area contributed by atoms with Crippen LogP contribution >= 0.6 is 11.6 Å². The molecule has 0 radical (unpaired) electrons. The lowest BCUT2D eigenvalue weighted by Crippen LogP contribution is -2.49. The van der Waals surface area contributed by atoms with Crippen LogP contribution in [0.25, 0.3) is 16.6 Å². The number of hydrogen-bond donors (Lipinski definition) is 0. The van der Waals surface area contributed by atoms with Crippen LogP contribution in [0.5, 0.6) is 5.75 Å². The van der Waals surface area contributed by atoms with Crippen molar-refractivity contribution in [3.05, 3.63) is 81.7 Å². The number of piperazine rings is 1. The summed E-state index contributed by atoms with van der Waals surface area (Å²) < 4.78 is 6.73. The van der Waals surface area contributed by atoms with Gasteiger partial charge in [-0.25, -0.2) is 4.98 Å². The van der Waals surface area contributed by atoms with Crippen LogP contribution in [0.15, 0.2) is 65.6 Å². The van der Waals surface area contributed by atoms with Crippen molar-refractivity contribution in [1.82, 2.24) is 14.3 Å². The van der Waals surface area contributed by atoms with E-state index in [9.17, 15) is 9.59 Å². The average Bonchev–Trinajstić information content (AvgIpc) is 2.84. The van der Waals surface area contributed by atoms with Gasteiger partial charge in [0.1, 0.15) is 5.75 Å². The normalized spacial score (nSPS) is 14.2. The minimum Gasteiger partial charge on any atom is -0.497 e. The van der Waals surface area contributed by atoms with Crippen molar-refractivity contribution in [2.45, 2.75) is 0 Å². The summed E-state index contributed by atoms with van der Waals surface area (Å²) in [6.07, 6.45) is 1.63. The summed E-state index contributed by atoms with van der Waals surface area (Å²) in [5.41, 5.74) is 2.11. The second kappa shape index (κ2) is 8.16. The van der Waals surface area contributed by atoms with E-state index in [2.05, 4.69) is 9.88 Å². The Hall–Kier alpha value is -3.58. The highest BCUT2D eigenvalue weighted by molar-refractivity contribution is 6.31. The summed E-state index contributed by atoms with van der Waals surface area (Å²) in [6.45, 7) is 2.56. The SMILES string of the molecule is COc1cccc(N2CCN(C(=O)c3cccn4c(=O)c5cc(Cl)ccc5nc34)CC2)c1. The third kappa shape index (κ3) is 3.54. The number of amides is 1. The number of benzene rings is 2. The summed E-state index contributed by atoms with van der Waals surface area (Å²) in [6, 6.07) is 16.3. The second-order valence-corrected chi connectivity index (χ2v) is 8.11. The van der Waals surface area contributed by atoms with Gasteiger partial charge in [-0.1, -0.05) is 17.7 Å². The first-order valence-electron chi connectivity index (χ1n) is 10.3. The molecule has 1 saturated heterocycles. The molecule has 0 unspecified atom stereocenters. The Balaban J connectivity index is 1.43. The molecule has 3 heterocycles. The fraction of sp³-hybridized carbons (Fsp3) is 0.208. The van der Waals surface area contributed by atoms with Crippen LogP contribution in [0.1, 0.15) is 10.4 Å². The van der Waals surface area contributed by atoms with Crippen molar-refractivity contribution in [2.24, 2.45) is 0 Å². The van der Waals surface area contributed by atoms with Crippen LogP contribution in [0.2, 0.25) is 5.02 Å². The average molecular weight is 449 g/mol. The number of anilines is 1. The van der Waals surface area contributed by atoms with Crippen LogP contribution in [-0.2, 0) is 0 Å². The number of methoxy groups -OCH3 is 1. The Morgan fingerprint density at radius 3 is 2.62 bits per heavy atom. The van der Waals surface area contributed by atoms with Crippen LogP contribution < -0.4 is 15.2 Å². The van der Waals surface area contributed by atoms with Crippen molar-refractivity contribution in [3.8, 4) is 5.75 Å². The van der Waals surface area contributed by atoms with E-state index in [0.29, 0.717) is 53.3 Å². The van der Waals surface area contributed by atoms with Crippen molar-refractivity contribution in [1.29, 1.82) is 0 Å². The van der Waals surface area contributed by atoms with Crippen molar-refractivity contribution < 1.29 is 9.53 Å². The minimum absolute atomic E-state index is 0.131. The van der Waals surface area contributed by atoms with Crippen molar-refractivity contribution in [3.63, 3.8) is 0 Å². The number of ether oxygens (including phenoxy) is 1. The number of pyridine rings is 1. The molecule has 2 aromatic carbocycles. The van der Waals surface area contributed by atoms with E-state index >= 15 is 0 Å². The number of carbonyl (C=O) groups is 1. The van der Waals surface area contributed by atoms with Gasteiger partial charge in [0.15, 0.2) is 5.65 Å². The Morgan fingerprint density at radius 1 is 1.03 bits per heavy atom. The number of halogens is 1. The Bertz CT molecular complexity index is 1390. The Morgan fingerprint density at radius 2 is 1.84 bits per heavy atom. The predicted octanol–water partition coefficient (Wildman–Crippen LogP) is 3.47. The number of rotatable bonds is 3. The zero-order chi connectivity index (χ0) is 22.2. The fourth-order valence-corrected chi connectivity index (χ4v) is 4.28. The third-order valence-corrected chi connectivity index (χ3v) is 6.05. The maximum atomic E-state index is 13.4. The fourth-order valence-electron chi connectivity index (χ4n) is 4.11. The van der Waals surface area contributed by atoms with Gasteiger partial charge in [-0.15, -0.1) is 0 Å². The summed E-state index contributed by atoms with van der Waals surface area (Å²) in [7, 11) is 1.65. The molecule has 1 fully saturated rings. The van der Waals surface area contributed by atoms with Gasteiger partial charge < -0.3 is 14.5 Å². The van der Waals surface area contributed by atoms with Gasteiger partial charge >= 0.3 is 0 Å². The van der Waals surface area contributed by atoms with E-state index in [4.69, 9.17) is 16.3 Å². The van der Waals surface area contributed by atoms with Gasteiger partial charge in [0, 0.05) is 49.2 Å². The molecule has 4 aromatic rings. The lowest BCUT2D eigenvalue weighted by atomic mass is 10.1. The first-order chi connectivity index (χ1) is 15.5. The van der Waals surface area contributed by atoms with Crippen molar-refractivity contribution in [2.75, 3.05) is 38.2 Å². The molecule has 0 spiro atoms. The highest BCUT2D eigenvalue weighted by atomic mass is 35.5. The molecule has 1 amide bonds. The molecule has 5 rings (SSSR count). The van der Waals surface area contributed by atoms with E-state index in [1.807, 2.05) is 29.2 Å². The lowest BCUT2D eigenvalue weighted by molar-refractivity contribution is 0.0748. The van der Waals surface area contributed by atoms with Crippen LogP contribution in [0, 0.1) is 0 Å². The number of hydrogen-bond acceptors (Lipinski definition) is 5. The highest BCUT2D eigenvalue weighted by Crippen LogP contribution is 2.23. The van der Waals surface area contributed by atoms with Crippen LogP contribution in [-0.4, -0.2) is 53.5 Å². The smallest absolute Gasteiger partial charge is 0.265 e. The quantitative estimate of drug-likeness (QED) is 0.449. The monoisotopic (exact) mass is 448 g/mol. The van der Waals surface area contributed by atoms with Gasteiger partial charge in [0.2, 0.25) is 0 Å². The Labute approximate surface area is 189 Å². The second-order valence-electron chi connectivity index (χ2n) is 7.67. The molecular weight excluding hydrogens is 428 g/mol. The third-order valence-electron chi connectivity index (χ3n) is 5.82. The lowest BCUT2D eigenvalue weighted by Gasteiger charge is -2.36. The van der Waals surface area contributed by atoms with Gasteiger partial charge in [0.25, 0.3) is 11.5 Å². The molecule has 0 saturated carbocycles. The van der Waals surface area contributed by atoms with Gasteiger partial charge in [-0.3, -0.25) is 14.0 Å². The summed E-state index contributed by atoms with van der Waals surface area (Å²) in [5.74, 6) is 0.676. The van der Waals surface area contributed by atoms with Crippen LogP contribution in [0.4, 0.5) is 5.69 Å². The van der Waals surface area contributed by atoms with Crippen LogP contribution in [0.3, 0.4) is 0 Å². The number of carbonyl (C=O) groups excluding carboxylic acids is 1. The zero-order valence-corrected chi connectivity index (χ0v) is 18.2. The maximum Gasteiger partial charge on any atom is 0.265 e. The Kier molecular flexibility index (Phi) is 5.19. The molecule has 1 aliphatic rings.